The lowest BCUT2D eigenvalue weighted by molar-refractivity contribution is -0.119. The maximum absolute atomic E-state index is 11.6. The van der Waals surface area contributed by atoms with Crippen molar-refractivity contribution in [3.8, 4) is 0 Å². The Balaban J connectivity index is 2.82. The smallest absolute Gasteiger partial charge is 0.239 e. The molecule has 0 radical (unpaired) electrons. The van der Waals surface area contributed by atoms with Crippen LogP contribution in [0.4, 0.5) is 5.82 Å². The predicted octanol–water partition coefficient (Wildman–Crippen LogP) is 0.503. The zero-order valence-corrected chi connectivity index (χ0v) is 10.4. The Labute approximate surface area is 102 Å². The summed E-state index contributed by atoms with van der Waals surface area (Å²) in [4.78, 5) is 17.8. The molecule has 5 nitrogen and oxygen atoms in total. The van der Waals surface area contributed by atoms with Crippen molar-refractivity contribution in [3.63, 3.8) is 0 Å². The summed E-state index contributed by atoms with van der Waals surface area (Å²) in [5.74, 6) is 0.798. The van der Waals surface area contributed by atoms with Crippen LogP contribution in [-0.2, 0) is 11.3 Å². The van der Waals surface area contributed by atoms with E-state index in [2.05, 4.69) is 10.3 Å². The Morgan fingerprint density at radius 2 is 2.29 bits per heavy atom. The van der Waals surface area contributed by atoms with Crippen LogP contribution in [0.5, 0.6) is 0 Å². The van der Waals surface area contributed by atoms with E-state index in [1.807, 2.05) is 30.9 Å². The third-order valence-corrected chi connectivity index (χ3v) is 2.48. The molecule has 0 aromatic carbocycles. The molecule has 0 aliphatic carbocycles. The molecule has 0 aliphatic rings. The number of anilines is 1. The Hall–Kier alpha value is -1.62. The molecule has 5 heteroatoms. The second-order valence-electron chi connectivity index (χ2n) is 3.66. The molecular weight excluding hydrogens is 216 g/mol. The molecule has 0 unspecified atom stereocenters. The van der Waals surface area contributed by atoms with E-state index in [-0.39, 0.29) is 5.91 Å². The van der Waals surface area contributed by atoms with Crippen molar-refractivity contribution in [2.45, 2.75) is 20.4 Å². The monoisotopic (exact) mass is 236 g/mol. The highest BCUT2D eigenvalue weighted by atomic mass is 16.2. The maximum Gasteiger partial charge on any atom is 0.239 e. The number of aromatic nitrogens is 1. The van der Waals surface area contributed by atoms with Crippen LogP contribution in [-0.4, -0.2) is 30.5 Å². The summed E-state index contributed by atoms with van der Waals surface area (Å²) in [6, 6.07) is 3.79. The normalized spacial score (nSPS) is 10.1. The number of carbonyl (C=O) groups is 1. The van der Waals surface area contributed by atoms with Crippen LogP contribution >= 0.6 is 0 Å². The van der Waals surface area contributed by atoms with Crippen molar-refractivity contribution >= 4 is 11.7 Å². The fraction of sp³-hybridized carbons (Fsp3) is 0.500. The van der Waals surface area contributed by atoms with Crippen LogP contribution in [0.15, 0.2) is 18.3 Å². The van der Waals surface area contributed by atoms with Gasteiger partial charge < -0.3 is 16.0 Å². The number of hydrogen-bond acceptors (Lipinski definition) is 4. The van der Waals surface area contributed by atoms with E-state index in [9.17, 15) is 4.79 Å². The molecule has 0 fully saturated rings. The third kappa shape index (κ3) is 3.71. The Morgan fingerprint density at radius 3 is 2.88 bits per heavy atom. The summed E-state index contributed by atoms with van der Waals surface area (Å²) in [5, 5.41) is 2.78. The van der Waals surface area contributed by atoms with Gasteiger partial charge in [-0.3, -0.25) is 4.79 Å². The fourth-order valence-corrected chi connectivity index (χ4v) is 1.64. The van der Waals surface area contributed by atoms with Gasteiger partial charge in [0.2, 0.25) is 5.91 Å². The summed E-state index contributed by atoms with van der Waals surface area (Å²) in [6.07, 6.45) is 1.72. The fourth-order valence-electron chi connectivity index (χ4n) is 1.64. The van der Waals surface area contributed by atoms with E-state index < -0.39 is 0 Å². The number of likely N-dealkylation sites (N-methyl/N-ethyl adjacent to an activating group) is 2. The highest BCUT2D eigenvalue weighted by Gasteiger charge is 2.13. The molecule has 17 heavy (non-hydrogen) atoms. The molecule has 0 spiro atoms. The largest absolute Gasteiger partial charge is 0.355 e. The van der Waals surface area contributed by atoms with Crippen molar-refractivity contribution in [1.82, 2.24) is 10.3 Å². The van der Waals surface area contributed by atoms with Crippen LogP contribution in [0.3, 0.4) is 0 Å². The van der Waals surface area contributed by atoms with Crippen molar-refractivity contribution in [3.05, 3.63) is 23.9 Å². The lowest BCUT2D eigenvalue weighted by atomic mass is 10.2. The molecule has 0 saturated heterocycles. The summed E-state index contributed by atoms with van der Waals surface area (Å²) in [5.41, 5.74) is 6.62. The van der Waals surface area contributed by atoms with Gasteiger partial charge in [-0.05, 0) is 19.9 Å². The zero-order valence-electron chi connectivity index (χ0n) is 10.4. The van der Waals surface area contributed by atoms with Crippen molar-refractivity contribution in [2.75, 3.05) is 24.5 Å². The minimum absolute atomic E-state index is 0.00275. The third-order valence-electron chi connectivity index (χ3n) is 2.48. The molecule has 3 N–H and O–H groups in total. The Morgan fingerprint density at radius 1 is 1.53 bits per heavy atom. The lowest BCUT2D eigenvalue weighted by Crippen LogP contribution is -2.38. The molecule has 0 bridgehead atoms. The van der Waals surface area contributed by atoms with Gasteiger partial charge in [0.15, 0.2) is 0 Å². The number of hydrogen-bond donors (Lipinski definition) is 2. The van der Waals surface area contributed by atoms with Crippen LogP contribution in [0.1, 0.15) is 19.4 Å². The zero-order chi connectivity index (χ0) is 12.7. The molecule has 1 amide bonds. The molecule has 1 aromatic rings. The van der Waals surface area contributed by atoms with Crippen LogP contribution < -0.4 is 16.0 Å². The van der Waals surface area contributed by atoms with E-state index in [0.29, 0.717) is 19.6 Å². The maximum atomic E-state index is 11.6. The minimum Gasteiger partial charge on any atom is -0.355 e. The number of nitrogens with two attached hydrogens (primary N) is 1. The molecule has 1 rings (SSSR count). The first kappa shape index (κ1) is 13.4. The standard InChI is InChI=1S/C12H20N4O/c1-3-14-11(17)9-16(4-2)12-10(8-13)6-5-7-15-12/h5-7H,3-4,8-9,13H2,1-2H3,(H,14,17). The summed E-state index contributed by atoms with van der Waals surface area (Å²) < 4.78 is 0. The number of carbonyl (C=O) groups excluding carboxylic acids is 1. The average Bonchev–Trinajstić information content (AvgIpc) is 2.36. The highest BCUT2D eigenvalue weighted by Crippen LogP contribution is 2.15. The van der Waals surface area contributed by atoms with Gasteiger partial charge in [-0.1, -0.05) is 6.07 Å². The second-order valence-corrected chi connectivity index (χ2v) is 3.66. The van der Waals surface area contributed by atoms with Crippen LogP contribution in [0, 0.1) is 0 Å². The lowest BCUT2D eigenvalue weighted by Gasteiger charge is -2.23. The van der Waals surface area contributed by atoms with E-state index in [1.54, 1.807) is 6.20 Å². The van der Waals surface area contributed by atoms with Gasteiger partial charge in [0, 0.05) is 31.4 Å². The second kappa shape index (κ2) is 6.85. The molecule has 0 saturated carbocycles. The van der Waals surface area contributed by atoms with Crippen molar-refractivity contribution < 1.29 is 4.79 Å². The van der Waals surface area contributed by atoms with E-state index in [0.717, 1.165) is 17.9 Å². The predicted molar refractivity (Wildman–Crippen MR) is 68.7 cm³/mol. The van der Waals surface area contributed by atoms with Crippen molar-refractivity contribution in [1.29, 1.82) is 0 Å². The topological polar surface area (TPSA) is 71.2 Å². The molecule has 1 heterocycles. The number of rotatable bonds is 6. The summed E-state index contributed by atoms with van der Waals surface area (Å²) >= 11 is 0. The molecule has 1 aromatic heterocycles. The Bertz CT molecular complexity index is 367. The minimum atomic E-state index is 0.00275. The number of nitrogens with zero attached hydrogens (tertiary/aromatic N) is 2. The molecule has 0 atom stereocenters. The van der Waals surface area contributed by atoms with Gasteiger partial charge in [0.05, 0.1) is 6.54 Å². The quantitative estimate of drug-likeness (QED) is 0.754. The number of amides is 1. The number of nitrogens with one attached hydrogen (secondary N) is 1. The van der Waals surface area contributed by atoms with Gasteiger partial charge in [0.25, 0.3) is 0 Å². The van der Waals surface area contributed by atoms with Crippen LogP contribution in [0.2, 0.25) is 0 Å². The summed E-state index contributed by atoms with van der Waals surface area (Å²) in [6.45, 7) is 6.00. The highest BCUT2D eigenvalue weighted by molar-refractivity contribution is 5.81. The van der Waals surface area contributed by atoms with Gasteiger partial charge in [-0.25, -0.2) is 4.98 Å². The van der Waals surface area contributed by atoms with E-state index in [4.69, 9.17) is 5.73 Å². The number of pyridine rings is 1. The van der Waals surface area contributed by atoms with Crippen molar-refractivity contribution in [2.24, 2.45) is 5.73 Å². The molecular formula is C12H20N4O. The average molecular weight is 236 g/mol. The van der Waals surface area contributed by atoms with Gasteiger partial charge >= 0.3 is 0 Å². The SMILES string of the molecule is CCNC(=O)CN(CC)c1ncccc1CN. The van der Waals surface area contributed by atoms with Gasteiger partial charge in [-0.15, -0.1) is 0 Å². The summed E-state index contributed by atoms with van der Waals surface area (Å²) in [7, 11) is 0. The molecule has 0 aliphatic heterocycles. The first-order valence-corrected chi connectivity index (χ1v) is 5.88. The van der Waals surface area contributed by atoms with Gasteiger partial charge in [0.1, 0.15) is 5.82 Å². The van der Waals surface area contributed by atoms with Crippen LogP contribution in [0.25, 0.3) is 0 Å². The first-order valence-electron chi connectivity index (χ1n) is 5.88. The van der Waals surface area contributed by atoms with E-state index in [1.165, 1.54) is 0 Å². The van der Waals surface area contributed by atoms with E-state index >= 15 is 0 Å². The Kier molecular flexibility index (Phi) is 5.42. The molecule has 94 valence electrons. The van der Waals surface area contributed by atoms with Gasteiger partial charge in [-0.2, -0.15) is 0 Å². The first-order chi connectivity index (χ1) is 8.22.